The van der Waals surface area contributed by atoms with Gasteiger partial charge >= 0.3 is 0 Å². The van der Waals surface area contributed by atoms with E-state index in [-0.39, 0.29) is 6.29 Å². The van der Waals surface area contributed by atoms with Crippen molar-refractivity contribution >= 4 is 10.8 Å². The third-order valence-corrected chi connectivity index (χ3v) is 4.43. The number of hydrogen-bond acceptors (Lipinski definition) is 3. The molecule has 1 aromatic carbocycles. The second-order valence-electron chi connectivity index (χ2n) is 5.10. The highest BCUT2D eigenvalue weighted by molar-refractivity contribution is 7.84. The minimum absolute atomic E-state index is 0.156. The Hall–Kier alpha value is -0.710. The van der Waals surface area contributed by atoms with Gasteiger partial charge in [0.2, 0.25) is 0 Å². The molecule has 106 valence electrons. The molecule has 0 N–H and O–H groups in total. The second kappa shape index (κ2) is 7.17. The van der Waals surface area contributed by atoms with Crippen LogP contribution in [0.1, 0.15) is 29.5 Å². The molecule has 1 heterocycles. The monoisotopic (exact) mass is 282 g/mol. The summed E-state index contributed by atoms with van der Waals surface area (Å²) in [6.07, 6.45) is 1.52. The van der Waals surface area contributed by atoms with Gasteiger partial charge in [0, 0.05) is 28.7 Å². The summed E-state index contributed by atoms with van der Waals surface area (Å²) in [5, 5.41) is 0. The maximum absolute atomic E-state index is 12.1. The minimum Gasteiger partial charge on any atom is -0.353 e. The molecule has 1 aromatic rings. The van der Waals surface area contributed by atoms with Crippen LogP contribution in [-0.4, -0.2) is 29.5 Å². The molecule has 19 heavy (non-hydrogen) atoms. The first kappa shape index (κ1) is 14.7. The van der Waals surface area contributed by atoms with Gasteiger partial charge in [-0.05, 0) is 25.8 Å². The summed E-state index contributed by atoms with van der Waals surface area (Å²) in [6, 6.07) is 6.35. The van der Waals surface area contributed by atoms with Crippen molar-refractivity contribution in [3.63, 3.8) is 0 Å². The van der Waals surface area contributed by atoms with Crippen molar-refractivity contribution in [2.45, 2.75) is 38.7 Å². The molecule has 0 amide bonds. The van der Waals surface area contributed by atoms with Crippen LogP contribution in [0.15, 0.2) is 18.2 Å². The number of benzene rings is 1. The van der Waals surface area contributed by atoms with E-state index in [0.29, 0.717) is 11.5 Å². The van der Waals surface area contributed by atoms with Crippen LogP contribution >= 0.6 is 0 Å². The fourth-order valence-corrected chi connectivity index (χ4v) is 3.48. The third kappa shape index (κ3) is 5.05. The molecule has 1 unspecified atom stereocenters. The first-order valence-electron chi connectivity index (χ1n) is 6.79. The van der Waals surface area contributed by atoms with Crippen molar-refractivity contribution in [3.05, 3.63) is 34.9 Å². The van der Waals surface area contributed by atoms with Gasteiger partial charge in [0.15, 0.2) is 6.29 Å². The Balaban J connectivity index is 1.80. The van der Waals surface area contributed by atoms with E-state index in [4.69, 9.17) is 9.47 Å². The first-order chi connectivity index (χ1) is 9.13. The molecule has 2 rings (SSSR count). The average molecular weight is 282 g/mol. The van der Waals surface area contributed by atoms with Gasteiger partial charge < -0.3 is 9.47 Å². The lowest BCUT2D eigenvalue weighted by Crippen LogP contribution is -2.26. The summed E-state index contributed by atoms with van der Waals surface area (Å²) < 4.78 is 23.0. The van der Waals surface area contributed by atoms with Crippen molar-refractivity contribution in [3.8, 4) is 0 Å². The number of rotatable bonds is 5. The van der Waals surface area contributed by atoms with Crippen molar-refractivity contribution in [1.82, 2.24) is 0 Å². The van der Waals surface area contributed by atoms with E-state index in [1.54, 1.807) is 0 Å². The van der Waals surface area contributed by atoms with Crippen LogP contribution in [-0.2, 0) is 26.0 Å². The SMILES string of the molecule is Cc1cc(C)cc(CS(=O)CCC2OCCCO2)c1. The lowest BCUT2D eigenvalue weighted by molar-refractivity contribution is -0.178. The fourth-order valence-electron chi connectivity index (χ4n) is 2.34. The third-order valence-electron chi connectivity index (χ3n) is 3.09. The lowest BCUT2D eigenvalue weighted by Gasteiger charge is -2.22. The lowest BCUT2D eigenvalue weighted by atomic mass is 10.1. The average Bonchev–Trinajstić information content (AvgIpc) is 2.36. The van der Waals surface area contributed by atoms with Crippen LogP contribution < -0.4 is 0 Å². The van der Waals surface area contributed by atoms with Crippen molar-refractivity contribution in [2.24, 2.45) is 0 Å². The Bertz CT molecular complexity index is 419. The van der Waals surface area contributed by atoms with E-state index in [1.165, 1.54) is 11.1 Å². The van der Waals surface area contributed by atoms with Gasteiger partial charge in [0.05, 0.1) is 13.2 Å². The topological polar surface area (TPSA) is 35.5 Å². The Morgan fingerprint density at radius 2 is 1.79 bits per heavy atom. The summed E-state index contributed by atoms with van der Waals surface area (Å²) in [4.78, 5) is 0. The summed E-state index contributed by atoms with van der Waals surface area (Å²) in [5.74, 6) is 1.26. The van der Waals surface area contributed by atoms with Crippen LogP contribution in [0.5, 0.6) is 0 Å². The van der Waals surface area contributed by atoms with Crippen LogP contribution in [0.3, 0.4) is 0 Å². The normalized spacial score (nSPS) is 18.4. The number of hydrogen-bond donors (Lipinski definition) is 0. The summed E-state index contributed by atoms with van der Waals surface area (Å²) in [6.45, 7) is 5.66. The molecule has 1 fully saturated rings. The highest BCUT2D eigenvalue weighted by Crippen LogP contribution is 2.13. The van der Waals surface area contributed by atoms with E-state index in [2.05, 4.69) is 32.0 Å². The van der Waals surface area contributed by atoms with E-state index >= 15 is 0 Å². The van der Waals surface area contributed by atoms with Gasteiger partial charge in [-0.1, -0.05) is 29.3 Å². The first-order valence-corrected chi connectivity index (χ1v) is 8.27. The molecule has 0 spiro atoms. The van der Waals surface area contributed by atoms with E-state index in [1.807, 2.05) is 0 Å². The Morgan fingerprint density at radius 3 is 2.42 bits per heavy atom. The zero-order valence-electron chi connectivity index (χ0n) is 11.7. The smallest absolute Gasteiger partial charge is 0.158 e. The van der Waals surface area contributed by atoms with Gasteiger partial charge in [-0.15, -0.1) is 0 Å². The minimum atomic E-state index is -0.849. The maximum atomic E-state index is 12.1. The molecule has 1 aliphatic heterocycles. The summed E-state index contributed by atoms with van der Waals surface area (Å²) >= 11 is 0. The summed E-state index contributed by atoms with van der Waals surface area (Å²) in [7, 11) is -0.849. The molecule has 0 aromatic heterocycles. The van der Waals surface area contributed by atoms with Crippen LogP contribution in [0.25, 0.3) is 0 Å². The number of aryl methyl sites for hydroxylation is 2. The Labute approximate surface area is 117 Å². The molecule has 0 saturated carbocycles. The largest absolute Gasteiger partial charge is 0.353 e. The molecular weight excluding hydrogens is 260 g/mol. The van der Waals surface area contributed by atoms with Crippen LogP contribution in [0.2, 0.25) is 0 Å². The molecular formula is C15H22O3S. The van der Waals surface area contributed by atoms with Crippen molar-refractivity contribution in [1.29, 1.82) is 0 Å². The van der Waals surface area contributed by atoms with E-state index in [0.717, 1.165) is 31.6 Å². The van der Waals surface area contributed by atoms with E-state index < -0.39 is 10.8 Å². The standard InChI is InChI=1S/C15H22O3S/c1-12-8-13(2)10-14(9-12)11-19(16)7-4-15-17-5-3-6-18-15/h8-10,15H,3-7,11H2,1-2H3. The predicted octanol–water partition coefficient (Wildman–Crippen LogP) is 2.71. The van der Waals surface area contributed by atoms with Gasteiger partial charge in [-0.2, -0.15) is 0 Å². The Kier molecular flexibility index (Phi) is 5.55. The predicted molar refractivity (Wildman–Crippen MR) is 77.6 cm³/mol. The highest BCUT2D eigenvalue weighted by atomic mass is 32.2. The van der Waals surface area contributed by atoms with Gasteiger partial charge in [0.1, 0.15) is 0 Å². The zero-order chi connectivity index (χ0) is 13.7. The zero-order valence-corrected chi connectivity index (χ0v) is 12.5. The van der Waals surface area contributed by atoms with Gasteiger partial charge in [0.25, 0.3) is 0 Å². The maximum Gasteiger partial charge on any atom is 0.158 e. The van der Waals surface area contributed by atoms with E-state index in [9.17, 15) is 4.21 Å². The molecule has 1 atom stereocenters. The highest BCUT2D eigenvalue weighted by Gasteiger charge is 2.15. The van der Waals surface area contributed by atoms with Crippen molar-refractivity contribution < 1.29 is 13.7 Å². The fraction of sp³-hybridized carbons (Fsp3) is 0.600. The molecule has 0 aliphatic carbocycles. The molecule has 1 saturated heterocycles. The van der Waals surface area contributed by atoms with Crippen molar-refractivity contribution in [2.75, 3.05) is 19.0 Å². The Morgan fingerprint density at radius 1 is 1.16 bits per heavy atom. The van der Waals surface area contributed by atoms with Gasteiger partial charge in [-0.25, -0.2) is 0 Å². The molecule has 4 heteroatoms. The molecule has 0 radical (unpaired) electrons. The molecule has 1 aliphatic rings. The summed E-state index contributed by atoms with van der Waals surface area (Å²) in [5.41, 5.74) is 3.61. The van der Waals surface area contributed by atoms with Crippen LogP contribution in [0, 0.1) is 13.8 Å². The molecule has 3 nitrogen and oxygen atoms in total. The molecule has 0 bridgehead atoms. The second-order valence-corrected chi connectivity index (χ2v) is 6.67. The number of ether oxygens (including phenoxy) is 2. The van der Waals surface area contributed by atoms with Crippen LogP contribution in [0.4, 0.5) is 0 Å². The quantitative estimate of drug-likeness (QED) is 0.833. The van der Waals surface area contributed by atoms with Gasteiger partial charge in [-0.3, -0.25) is 4.21 Å².